The maximum absolute atomic E-state index is 13.4. The van der Waals surface area contributed by atoms with Crippen LogP contribution in [-0.4, -0.2) is 47.3 Å². The summed E-state index contributed by atoms with van der Waals surface area (Å²) in [7, 11) is -4.20. The minimum Gasteiger partial charge on any atom is -0.497 e. The van der Waals surface area contributed by atoms with E-state index in [4.69, 9.17) is 9.47 Å². The van der Waals surface area contributed by atoms with Crippen molar-refractivity contribution < 1.29 is 26.3 Å². The summed E-state index contributed by atoms with van der Waals surface area (Å²) in [5, 5.41) is 4.06. The number of ether oxygens (including phenoxy) is 2. The number of para-hydroxylation sites is 1. The summed E-state index contributed by atoms with van der Waals surface area (Å²) in [4.78, 5) is -0.371. The predicted molar refractivity (Wildman–Crippen MR) is 116 cm³/mol. The third-order valence-corrected chi connectivity index (χ3v) is 8.52. The topological polar surface area (TPSA) is 108 Å². The fourth-order valence-electron chi connectivity index (χ4n) is 3.21. The van der Waals surface area contributed by atoms with E-state index in [1.807, 2.05) is 0 Å². The highest BCUT2D eigenvalue weighted by atomic mass is 32.2. The lowest BCUT2D eigenvalue weighted by molar-refractivity contribution is 0.392. The maximum atomic E-state index is 13.4. The van der Waals surface area contributed by atoms with E-state index in [0.717, 1.165) is 4.31 Å². The second-order valence-corrected chi connectivity index (χ2v) is 10.3. The standard InChI is InChI=1S/C20H23N3O6S2/c1-14-20(31(26,27)22(3)16-9-7-6-8-10-16)15(2)23(21-14)30(24,25)19-13-17(28-4)11-12-18(19)29-5/h6-13H,1-5H3. The molecule has 0 spiro atoms. The van der Waals surface area contributed by atoms with Crippen LogP contribution >= 0.6 is 0 Å². The van der Waals surface area contributed by atoms with E-state index in [0.29, 0.717) is 15.5 Å². The zero-order chi connectivity index (χ0) is 23.0. The molecule has 166 valence electrons. The van der Waals surface area contributed by atoms with Crippen molar-refractivity contribution in [2.24, 2.45) is 0 Å². The van der Waals surface area contributed by atoms with Gasteiger partial charge in [0.1, 0.15) is 21.3 Å². The van der Waals surface area contributed by atoms with Gasteiger partial charge in [0.15, 0.2) is 0 Å². The molecule has 0 aliphatic rings. The molecule has 3 aromatic rings. The fourth-order valence-corrected chi connectivity index (χ4v) is 6.35. The molecule has 11 heteroatoms. The van der Waals surface area contributed by atoms with Gasteiger partial charge < -0.3 is 9.47 Å². The van der Waals surface area contributed by atoms with E-state index in [1.54, 1.807) is 36.4 Å². The molecule has 2 aromatic carbocycles. The molecule has 0 bridgehead atoms. The number of aryl methyl sites for hydroxylation is 1. The Morgan fingerprint density at radius 3 is 2.16 bits per heavy atom. The molecule has 0 aliphatic heterocycles. The highest BCUT2D eigenvalue weighted by Crippen LogP contribution is 2.33. The van der Waals surface area contributed by atoms with Gasteiger partial charge in [-0.15, -0.1) is 0 Å². The number of sulfonamides is 1. The molecule has 0 atom stereocenters. The predicted octanol–water partition coefficient (Wildman–Crippen LogP) is 2.58. The normalized spacial score (nSPS) is 11.9. The van der Waals surface area contributed by atoms with Crippen molar-refractivity contribution in [3.05, 3.63) is 59.9 Å². The lowest BCUT2D eigenvalue weighted by atomic mass is 10.3. The number of hydrogen-bond acceptors (Lipinski definition) is 7. The van der Waals surface area contributed by atoms with Crippen molar-refractivity contribution in [3.8, 4) is 11.5 Å². The van der Waals surface area contributed by atoms with Crippen LogP contribution in [0.1, 0.15) is 11.4 Å². The van der Waals surface area contributed by atoms with Gasteiger partial charge in [-0.2, -0.15) is 17.6 Å². The van der Waals surface area contributed by atoms with Crippen molar-refractivity contribution in [1.29, 1.82) is 0 Å². The van der Waals surface area contributed by atoms with Crippen LogP contribution in [0.5, 0.6) is 11.5 Å². The Bertz CT molecular complexity index is 1320. The van der Waals surface area contributed by atoms with Gasteiger partial charge in [0.2, 0.25) is 0 Å². The SMILES string of the molecule is COc1ccc(OC)c(S(=O)(=O)n2nc(C)c(S(=O)(=O)N(C)c3ccccc3)c2C)c1. The first-order valence-electron chi connectivity index (χ1n) is 9.13. The Labute approximate surface area is 181 Å². The largest absolute Gasteiger partial charge is 0.497 e. The van der Waals surface area contributed by atoms with Gasteiger partial charge in [-0.1, -0.05) is 18.2 Å². The first kappa shape index (κ1) is 22.6. The van der Waals surface area contributed by atoms with Crippen molar-refractivity contribution in [2.75, 3.05) is 25.6 Å². The Balaban J connectivity index is 2.18. The molecule has 1 aromatic heterocycles. The number of rotatable bonds is 7. The van der Waals surface area contributed by atoms with Crippen LogP contribution in [0.3, 0.4) is 0 Å². The third kappa shape index (κ3) is 3.86. The van der Waals surface area contributed by atoms with Crippen LogP contribution in [0.2, 0.25) is 0 Å². The van der Waals surface area contributed by atoms with Crippen molar-refractivity contribution >= 4 is 25.7 Å². The monoisotopic (exact) mass is 465 g/mol. The Kier molecular flexibility index (Phi) is 6.01. The van der Waals surface area contributed by atoms with E-state index in [9.17, 15) is 16.8 Å². The quantitative estimate of drug-likeness (QED) is 0.528. The van der Waals surface area contributed by atoms with Crippen LogP contribution < -0.4 is 13.8 Å². The highest BCUT2D eigenvalue weighted by molar-refractivity contribution is 7.93. The van der Waals surface area contributed by atoms with Crippen molar-refractivity contribution in [1.82, 2.24) is 9.19 Å². The van der Waals surface area contributed by atoms with Crippen molar-refractivity contribution in [3.63, 3.8) is 0 Å². The second kappa shape index (κ2) is 8.23. The van der Waals surface area contributed by atoms with Crippen LogP contribution in [0.15, 0.2) is 58.3 Å². The smallest absolute Gasteiger partial charge is 0.287 e. The summed E-state index contributed by atoms with van der Waals surface area (Å²) < 4.78 is 65.5. The second-order valence-electron chi connectivity index (χ2n) is 6.67. The zero-order valence-electron chi connectivity index (χ0n) is 17.7. The van der Waals surface area contributed by atoms with Gasteiger partial charge in [0, 0.05) is 13.1 Å². The molecular weight excluding hydrogens is 442 g/mol. The molecule has 0 aliphatic carbocycles. The summed E-state index contributed by atoms with van der Waals surface area (Å²) in [6.07, 6.45) is 0. The first-order valence-corrected chi connectivity index (χ1v) is 12.0. The van der Waals surface area contributed by atoms with E-state index in [2.05, 4.69) is 5.10 Å². The number of aromatic nitrogens is 2. The Morgan fingerprint density at radius 1 is 0.935 bits per heavy atom. The summed E-state index contributed by atoms with van der Waals surface area (Å²) >= 11 is 0. The van der Waals surface area contributed by atoms with E-state index in [1.165, 1.54) is 47.2 Å². The molecule has 0 amide bonds. The molecule has 0 saturated carbocycles. The number of hydrogen-bond donors (Lipinski definition) is 0. The molecule has 0 N–H and O–H groups in total. The number of nitrogens with zero attached hydrogens (tertiary/aromatic N) is 3. The van der Waals surface area contributed by atoms with Crippen LogP contribution in [-0.2, 0) is 20.0 Å². The van der Waals surface area contributed by atoms with Gasteiger partial charge in [0.25, 0.3) is 20.0 Å². The van der Waals surface area contributed by atoms with Crippen LogP contribution in [0.25, 0.3) is 0 Å². The third-order valence-electron chi connectivity index (χ3n) is 4.80. The minimum atomic E-state index is -4.28. The highest BCUT2D eigenvalue weighted by Gasteiger charge is 2.34. The van der Waals surface area contributed by atoms with E-state index in [-0.39, 0.29) is 26.9 Å². The van der Waals surface area contributed by atoms with Gasteiger partial charge >= 0.3 is 0 Å². The van der Waals surface area contributed by atoms with Crippen molar-refractivity contribution in [2.45, 2.75) is 23.6 Å². The first-order chi connectivity index (χ1) is 14.6. The van der Waals surface area contributed by atoms with Gasteiger partial charge in [-0.05, 0) is 38.1 Å². The minimum absolute atomic E-state index is 0.0369. The Morgan fingerprint density at radius 2 is 1.58 bits per heavy atom. The van der Waals surface area contributed by atoms with Gasteiger partial charge in [-0.25, -0.2) is 8.42 Å². The molecular formula is C20H23N3O6S2. The molecule has 0 radical (unpaired) electrons. The lowest BCUT2D eigenvalue weighted by Gasteiger charge is -2.19. The molecule has 3 rings (SSSR count). The molecule has 1 heterocycles. The molecule has 0 saturated heterocycles. The number of methoxy groups -OCH3 is 2. The van der Waals surface area contributed by atoms with Gasteiger partial charge in [-0.3, -0.25) is 4.31 Å². The zero-order valence-corrected chi connectivity index (χ0v) is 19.4. The molecule has 9 nitrogen and oxygen atoms in total. The summed E-state index contributed by atoms with van der Waals surface area (Å²) in [5.41, 5.74) is 0.460. The molecule has 0 fully saturated rings. The number of benzene rings is 2. The fraction of sp³-hybridized carbons (Fsp3) is 0.250. The van der Waals surface area contributed by atoms with E-state index >= 15 is 0 Å². The average Bonchev–Trinajstić information content (AvgIpc) is 3.08. The summed E-state index contributed by atoms with van der Waals surface area (Å²) in [6.45, 7) is 2.85. The molecule has 31 heavy (non-hydrogen) atoms. The van der Waals surface area contributed by atoms with E-state index < -0.39 is 20.0 Å². The van der Waals surface area contributed by atoms with Gasteiger partial charge in [0.05, 0.1) is 31.3 Å². The van der Waals surface area contributed by atoms with Crippen LogP contribution in [0, 0.1) is 13.8 Å². The average molecular weight is 466 g/mol. The maximum Gasteiger partial charge on any atom is 0.287 e. The summed E-state index contributed by atoms with van der Waals surface area (Å²) in [6, 6.07) is 12.8. The Hall–Kier alpha value is -3.05. The number of anilines is 1. The molecule has 0 unspecified atom stereocenters. The van der Waals surface area contributed by atoms with Crippen LogP contribution in [0.4, 0.5) is 5.69 Å². The lowest BCUT2D eigenvalue weighted by Crippen LogP contribution is -2.27. The summed E-state index contributed by atoms with van der Waals surface area (Å²) in [5.74, 6) is 0.386.